The summed E-state index contributed by atoms with van der Waals surface area (Å²) < 4.78 is 6.87. The highest BCUT2D eigenvalue weighted by molar-refractivity contribution is 5.37. The van der Waals surface area contributed by atoms with E-state index in [1.54, 1.807) is 7.11 Å². The number of aryl methyl sites for hydroxylation is 1. The van der Waals surface area contributed by atoms with Gasteiger partial charge >= 0.3 is 0 Å². The van der Waals surface area contributed by atoms with Crippen molar-refractivity contribution in [2.24, 2.45) is 0 Å². The Morgan fingerprint density at radius 2 is 2.07 bits per heavy atom. The molecule has 1 rings (SSSR count). The van der Waals surface area contributed by atoms with Gasteiger partial charge in [0, 0.05) is 25.7 Å². The third-order valence-corrected chi connectivity index (χ3v) is 2.19. The number of methoxy groups -OCH3 is 1. The molecule has 0 saturated carbocycles. The first-order valence-corrected chi connectivity index (χ1v) is 5.15. The first-order chi connectivity index (χ1) is 6.96. The van der Waals surface area contributed by atoms with Gasteiger partial charge in [-0.25, -0.2) is 4.68 Å². The van der Waals surface area contributed by atoms with Gasteiger partial charge in [-0.15, -0.1) is 5.10 Å². The van der Waals surface area contributed by atoms with Crippen LogP contribution in [0.25, 0.3) is 0 Å². The third kappa shape index (κ3) is 2.92. The van der Waals surface area contributed by atoms with Gasteiger partial charge in [0.25, 0.3) is 0 Å². The van der Waals surface area contributed by atoms with Gasteiger partial charge < -0.3 is 10.5 Å². The Morgan fingerprint density at radius 1 is 1.40 bits per heavy atom. The van der Waals surface area contributed by atoms with Crippen molar-refractivity contribution in [3.05, 3.63) is 5.69 Å². The van der Waals surface area contributed by atoms with Crippen molar-refractivity contribution >= 4 is 5.82 Å². The fraction of sp³-hybridized carbons (Fsp3) is 0.800. The quantitative estimate of drug-likeness (QED) is 0.761. The molecule has 1 aromatic heterocycles. The van der Waals surface area contributed by atoms with E-state index in [0.29, 0.717) is 5.82 Å². The first kappa shape index (κ1) is 12.0. The number of nitrogens with two attached hydrogens (primary N) is 1. The molecule has 2 N–H and O–H groups in total. The number of nitrogens with zero attached hydrogens (tertiary/aromatic N) is 3. The van der Waals surface area contributed by atoms with Crippen molar-refractivity contribution in [2.75, 3.05) is 19.5 Å². The zero-order valence-corrected chi connectivity index (χ0v) is 9.95. The van der Waals surface area contributed by atoms with Crippen molar-refractivity contribution in [3.8, 4) is 0 Å². The van der Waals surface area contributed by atoms with Gasteiger partial charge in [-0.1, -0.05) is 26.0 Å². The average Bonchev–Trinajstić information content (AvgIpc) is 2.47. The molecule has 0 bridgehead atoms. The Bertz CT molecular complexity index is 314. The molecule has 86 valence electrons. The highest BCUT2D eigenvalue weighted by Crippen LogP contribution is 2.25. The number of nitrogen functional groups attached to an aromatic ring is 1. The number of hydrogen-bond donors (Lipinski definition) is 1. The highest BCUT2D eigenvalue weighted by Gasteiger charge is 2.23. The fourth-order valence-electron chi connectivity index (χ4n) is 1.61. The monoisotopic (exact) mass is 212 g/mol. The standard InChI is InChI=1S/C10H20N4O/c1-10(2,3)8-9(11)12-13-14(8)6-5-7-15-4/h5-7,11H2,1-4H3. The molecule has 15 heavy (non-hydrogen) atoms. The highest BCUT2D eigenvalue weighted by atomic mass is 16.5. The summed E-state index contributed by atoms with van der Waals surface area (Å²) >= 11 is 0. The van der Waals surface area contributed by atoms with E-state index in [0.717, 1.165) is 25.3 Å². The van der Waals surface area contributed by atoms with Crippen molar-refractivity contribution in [1.82, 2.24) is 15.0 Å². The Kier molecular flexibility index (Phi) is 3.68. The average molecular weight is 212 g/mol. The zero-order chi connectivity index (χ0) is 11.5. The van der Waals surface area contributed by atoms with Crippen LogP contribution in [0.15, 0.2) is 0 Å². The summed E-state index contributed by atoms with van der Waals surface area (Å²) in [6.45, 7) is 7.84. The number of rotatable bonds is 4. The normalized spacial score (nSPS) is 12.0. The van der Waals surface area contributed by atoms with Gasteiger partial charge in [-0.3, -0.25) is 0 Å². The summed E-state index contributed by atoms with van der Waals surface area (Å²) in [4.78, 5) is 0. The molecule has 0 radical (unpaired) electrons. The van der Waals surface area contributed by atoms with Gasteiger partial charge in [0.05, 0.1) is 5.69 Å². The summed E-state index contributed by atoms with van der Waals surface area (Å²) in [6, 6.07) is 0. The molecular formula is C10H20N4O. The lowest BCUT2D eigenvalue weighted by molar-refractivity contribution is 0.188. The molecule has 0 amide bonds. The fourth-order valence-corrected chi connectivity index (χ4v) is 1.61. The van der Waals surface area contributed by atoms with E-state index < -0.39 is 0 Å². The Morgan fingerprint density at radius 3 is 2.60 bits per heavy atom. The molecular weight excluding hydrogens is 192 g/mol. The largest absolute Gasteiger partial charge is 0.385 e. The van der Waals surface area contributed by atoms with E-state index in [2.05, 4.69) is 31.1 Å². The van der Waals surface area contributed by atoms with Crippen LogP contribution in [-0.2, 0) is 16.7 Å². The molecule has 0 aromatic carbocycles. The number of anilines is 1. The van der Waals surface area contributed by atoms with E-state index >= 15 is 0 Å². The summed E-state index contributed by atoms with van der Waals surface area (Å²) in [5.74, 6) is 0.528. The minimum absolute atomic E-state index is 0.0271. The minimum Gasteiger partial charge on any atom is -0.385 e. The van der Waals surface area contributed by atoms with Gasteiger partial charge in [-0.05, 0) is 6.42 Å². The number of aromatic nitrogens is 3. The molecule has 0 atom stereocenters. The SMILES string of the molecule is COCCCn1nnc(N)c1C(C)(C)C. The second-order valence-corrected chi connectivity index (χ2v) is 4.64. The van der Waals surface area contributed by atoms with Crippen LogP contribution < -0.4 is 5.73 Å². The maximum Gasteiger partial charge on any atom is 0.169 e. The van der Waals surface area contributed by atoms with Crippen LogP contribution >= 0.6 is 0 Å². The van der Waals surface area contributed by atoms with E-state index in [1.165, 1.54) is 0 Å². The molecule has 0 unspecified atom stereocenters. The van der Waals surface area contributed by atoms with Crippen LogP contribution in [-0.4, -0.2) is 28.7 Å². The maximum absolute atomic E-state index is 5.81. The van der Waals surface area contributed by atoms with E-state index in [-0.39, 0.29) is 5.41 Å². The molecule has 0 saturated heterocycles. The van der Waals surface area contributed by atoms with Crippen molar-refractivity contribution in [2.45, 2.75) is 39.2 Å². The predicted octanol–water partition coefficient (Wildman–Crippen LogP) is 1.19. The van der Waals surface area contributed by atoms with Crippen LogP contribution in [0.3, 0.4) is 0 Å². The lowest BCUT2D eigenvalue weighted by Crippen LogP contribution is -2.20. The van der Waals surface area contributed by atoms with E-state index in [1.807, 2.05) is 4.68 Å². The van der Waals surface area contributed by atoms with Gasteiger partial charge in [0.1, 0.15) is 0 Å². The molecule has 0 aliphatic heterocycles. The Balaban J connectivity index is 2.80. The summed E-state index contributed by atoms with van der Waals surface area (Å²) in [5.41, 5.74) is 6.78. The van der Waals surface area contributed by atoms with E-state index in [9.17, 15) is 0 Å². The Hall–Kier alpha value is -1.10. The topological polar surface area (TPSA) is 66.0 Å². The van der Waals surface area contributed by atoms with E-state index in [4.69, 9.17) is 10.5 Å². The molecule has 0 aliphatic carbocycles. The van der Waals surface area contributed by atoms with Crippen molar-refractivity contribution in [1.29, 1.82) is 0 Å². The maximum atomic E-state index is 5.81. The lowest BCUT2D eigenvalue weighted by Gasteiger charge is -2.19. The molecule has 5 heteroatoms. The summed E-state index contributed by atoms with van der Waals surface area (Å²) in [5, 5.41) is 7.95. The van der Waals surface area contributed by atoms with Gasteiger partial charge in [-0.2, -0.15) is 0 Å². The predicted molar refractivity (Wildman–Crippen MR) is 59.6 cm³/mol. The third-order valence-electron chi connectivity index (χ3n) is 2.19. The molecule has 1 heterocycles. The Labute approximate surface area is 90.6 Å². The van der Waals surface area contributed by atoms with Crippen LogP contribution in [0.5, 0.6) is 0 Å². The van der Waals surface area contributed by atoms with Crippen molar-refractivity contribution in [3.63, 3.8) is 0 Å². The van der Waals surface area contributed by atoms with Gasteiger partial charge in [0.15, 0.2) is 5.82 Å². The second kappa shape index (κ2) is 4.61. The minimum atomic E-state index is -0.0271. The molecule has 0 aliphatic rings. The number of hydrogen-bond acceptors (Lipinski definition) is 4. The molecule has 1 aromatic rings. The summed E-state index contributed by atoms with van der Waals surface area (Å²) in [7, 11) is 1.69. The summed E-state index contributed by atoms with van der Waals surface area (Å²) in [6.07, 6.45) is 0.919. The zero-order valence-electron chi connectivity index (χ0n) is 9.95. The first-order valence-electron chi connectivity index (χ1n) is 5.15. The van der Waals surface area contributed by atoms with Crippen LogP contribution in [0, 0.1) is 0 Å². The number of ether oxygens (including phenoxy) is 1. The smallest absolute Gasteiger partial charge is 0.169 e. The van der Waals surface area contributed by atoms with Crippen LogP contribution in [0.2, 0.25) is 0 Å². The van der Waals surface area contributed by atoms with Crippen LogP contribution in [0.4, 0.5) is 5.82 Å². The lowest BCUT2D eigenvalue weighted by atomic mass is 9.92. The molecule has 0 fully saturated rings. The van der Waals surface area contributed by atoms with Gasteiger partial charge in [0.2, 0.25) is 0 Å². The van der Waals surface area contributed by atoms with Crippen LogP contribution in [0.1, 0.15) is 32.9 Å². The second-order valence-electron chi connectivity index (χ2n) is 4.64. The van der Waals surface area contributed by atoms with Crippen molar-refractivity contribution < 1.29 is 4.74 Å². The molecule has 5 nitrogen and oxygen atoms in total. The molecule has 0 spiro atoms.